The molecule has 0 bridgehead atoms. The molecule has 4 aromatic rings. The molecule has 1 saturated heterocycles. The fourth-order valence-corrected chi connectivity index (χ4v) is 7.93. The maximum absolute atomic E-state index is 13.3. The van der Waals surface area contributed by atoms with E-state index in [4.69, 9.17) is 23.2 Å². The third-order valence-corrected chi connectivity index (χ3v) is 9.41. The molecule has 0 unspecified atom stereocenters. The van der Waals surface area contributed by atoms with Crippen LogP contribution in [0.5, 0.6) is 0 Å². The lowest BCUT2D eigenvalue weighted by Crippen LogP contribution is -2.50. The first-order valence-electron chi connectivity index (χ1n) is 13.1. The molecule has 0 N–H and O–H groups in total. The molecule has 0 saturated carbocycles. The van der Waals surface area contributed by atoms with E-state index in [9.17, 15) is 8.42 Å². The standard InChI is InChI=1S/C32H32Cl2N2O2S/c33-29-15-7-13-27(17-29)21-35(19-25-9-3-1-4-10-25)31-23-39(37,38)24-32(31)36(20-26-11-5-2-6-12-26)22-28-14-8-16-30(34)18-28/h1-18,31-32H,19-24H2/t31-,32+. The van der Waals surface area contributed by atoms with Gasteiger partial charge in [-0.2, -0.15) is 0 Å². The summed E-state index contributed by atoms with van der Waals surface area (Å²) in [6, 6.07) is 35.7. The number of benzene rings is 4. The van der Waals surface area contributed by atoms with E-state index in [2.05, 4.69) is 46.2 Å². The van der Waals surface area contributed by atoms with Crippen LogP contribution in [0.4, 0.5) is 0 Å². The van der Waals surface area contributed by atoms with Crippen molar-refractivity contribution in [2.75, 3.05) is 11.5 Å². The zero-order chi connectivity index (χ0) is 27.2. The zero-order valence-corrected chi connectivity index (χ0v) is 24.0. The Morgan fingerprint density at radius 2 is 0.897 bits per heavy atom. The summed E-state index contributed by atoms with van der Waals surface area (Å²) in [6.07, 6.45) is 0. The predicted octanol–water partition coefficient (Wildman–Crippen LogP) is 6.86. The molecule has 39 heavy (non-hydrogen) atoms. The molecule has 7 heteroatoms. The average molecular weight is 580 g/mol. The summed E-state index contributed by atoms with van der Waals surface area (Å²) in [7, 11) is -3.26. The quantitative estimate of drug-likeness (QED) is 0.206. The predicted molar refractivity (Wildman–Crippen MR) is 161 cm³/mol. The van der Waals surface area contributed by atoms with Crippen LogP contribution in [-0.4, -0.2) is 41.8 Å². The third-order valence-electron chi connectivity index (χ3n) is 7.24. The van der Waals surface area contributed by atoms with Gasteiger partial charge in [-0.1, -0.05) is 108 Å². The van der Waals surface area contributed by atoms with E-state index >= 15 is 0 Å². The van der Waals surface area contributed by atoms with Gasteiger partial charge in [-0.3, -0.25) is 9.80 Å². The number of sulfone groups is 1. The SMILES string of the molecule is O=S1(=O)C[C@@H](N(Cc2ccccc2)Cc2cccc(Cl)c2)[C@@H](N(Cc2ccccc2)Cc2cccc(Cl)c2)C1. The Balaban J connectivity index is 1.52. The lowest BCUT2D eigenvalue weighted by Gasteiger charge is -2.38. The molecule has 1 fully saturated rings. The fourth-order valence-electron chi connectivity index (χ4n) is 5.46. The van der Waals surface area contributed by atoms with E-state index < -0.39 is 9.84 Å². The van der Waals surface area contributed by atoms with E-state index in [0.717, 1.165) is 22.3 Å². The molecule has 202 valence electrons. The van der Waals surface area contributed by atoms with Gasteiger partial charge in [0.15, 0.2) is 9.84 Å². The largest absolute Gasteiger partial charge is 0.289 e. The van der Waals surface area contributed by atoms with Gasteiger partial charge in [-0.25, -0.2) is 8.42 Å². The number of nitrogens with zero attached hydrogens (tertiary/aromatic N) is 2. The van der Waals surface area contributed by atoms with Crippen LogP contribution in [0.2, 0.25) is 10.0 Å². The van der Waals surface area contributed by atoms with Crippen molar-refractivity contribution in [2.45, 2.75) is 38.3 Å². The number of hydrogen-bond acceptors (Lipinski definition) is 4. The lowest BCUT2D eigenvalue weighted by atomic mass is 10.0. The Morgan fingerprint density at radius 3 is 1.28 bits per heavy atom. The highest BCUT2D eigenvalue weighted by molar-refractivity contribution is 7.91. The first-order valence-corrected chi connectivity index (χ1v) is 15.7. The molecule has 4 nitrogen and oxygen atoms in total. The van der Waals surface area contributed by atoms with E-state index in [1.54, 1.807) is 0 Å². The van der Waals surface area contributed by atoms with Gasteiger partial charge in [0.25, 0.3) is 0 Å². The molecule has 1 aliphatic heterocycles. The molecule has 2 atom stereocenters. The second-order valence-corrected chi connectivity index (χ2v) is 13.3. The van der Waals surface area contributed by atoms with Crippen LogP contribution in [0.3, 0.4) is 0 Å². The van der Waals surface area contributed by atoms with Crippen LogP contribution in [0.15, 0.2) is 109 Å². The first kappa shape index (κ1) is 27.9. The summed E-state index contributed by atoms with van der Waals surface area (Å²) in [5.41, 5.74) is 4.41. The maximum atomic E-state index is 13.3. The van der Waals surface area contributed by atoms with Crippen LogP contribution in [0, 0.1) is 0 Å². The number of halogens is 2. The van der Waals surface area contributed by atoms with Gasteiger partial charge in [0.2, 0.25) is 0 Å². The van der Waals surface area contributed by atoms with Crippen molar-refractivity contribution in [1.29, 1.82) is 0 Å². The molecule has 0 amide bonds. The van der Waals surface area contributed by atoms with Gasteiger partial charge in [-0.15, -0.1) is 0 Å². The van der Waals surface area contributed by atoms with E-state index in [-0.39, 0.29) is 23.6 Å². The second-order valence-electron chi connectivity index (χ2n) is 10.3. The van der Waals surface area contributed by atoms with E-state index in [0.29, 0.717) is 36.2 Å². The van der Waals surface area contributed by atoms with Crippen molar-refractivity contribution < 1.29 is 8.42 Å². The maximum Gasteiger partial charge on any atom is 0.153 e. The molecule has 0 aliphatic carbocycles. The lowest BCUT2D eigenvalue weighted by molar-refractivity contribution is 0.0863. The van der Waals surface area contributed by atoms with Crippen LogP contribution < -0.4 is 0 Å². The Kier molecular flexibility index (Phi) is 9.06. The van der Waals surface area contributed by atoms with Crippen molar-refractivity contribution in [1.82, 2.24) is 9.80 Å². The van der Waals surface area contributed by atoms with Crippen molar-refractivity contribution in [3.05, 3.63) is 141 Å². The summed E-state index contributed by atoms with van der Waals surface area (Å²) < 4.78 is 26.6. The van der Waals surface area contributed by atoms with Gasteiger partial charge in [0, 0.05) is 48.3 Å². The Labute approximate surface area is 241 Å². The molecule has 0 aromatic heterocycles. The summed E-state index contributed by atoms with van der Waals surface area (Å²) in [5.74, 6) is 0.234. The van der Waals surface area contributed by atoms with E-state index in [1.165, 1.54) is 0 Å². The topological polar surface area (TPSA) is 40.6 Å². The molecule has 4 aromatic carbocycles. The smallest absolute Gasteiger partial charge is 0.153 e. The minimum atomic E-state index is -3.26. The van der Waals surface area contributed by atoms with Crippen LogP contribution >= 0.6 is 23.2 Å². The second kappa shape index (κ2) is 12.7. The van der Waals surface area contributed by atoms with Crippen LogP contribution in [0.25, 0.3) is 0 Å². The summed E-state index contributed by atoms with van der Waals surface area (Å²) >= 11 is 12.7. The highest BCUT2D eigenvalue weighted by Gasteiger charge is 2.44. The third kappa shape index (κ3) is 7.71. The van der Waals surface area contributed by atoms with E-state index in [1.807, 2.05) is 72.8 Å². The van der Waals surface area contributed by atoms with Crippen molar-refractivity contribution >= 4 is 33.0 Å². The van der Waals surface area contributed by atoms with Gasteiger partial charge < -0.3 is 0 Å². The average Bonchev–Trinajstić information content (AvgIpc) is 3.24. The highest BCUT2D eigenvalue weighted by atomic mass is 35.5. The molecular weight excluding hydrogens is 547 g/mol. The van der Waals surface area contributed by atoms with Crippen LogP contribution in [0.1, 0.15) is 22.3 Å². The molecule has 0 radical (unpaired) electrons. The van der Waals surface area contributed by atoms with Gasteiger partial charge in [0.1, 0.15) is 0 Å². The first-order chi connectivity index (χ1) is 18.8. The summed E-state index contributed by atoms with van der Waals surface area (Å²) in [5, 5.41) is 1.35. The monoisotopic (exact) mass is 578 g/mol. The normalized spacial score (nSPS) is 18.6. The van der Waals surface area contributed by atoms with Gasteiger partial charge in [0.05, 0.1) is 11.5 Å². The van der Waals surface area contributed by atoms with Crippen molar-refractivity contribution in [3.63, 3.8) is 0 Å². The molecular formula is C32H32Cl2N2O2S. The van der Waals surface area contributed by atoms with Crippen molar-refractivity contribution in [2.24, 2.45) is 0 Å². The molecule has 1 aliphatic rings. The van der Waals surface area contributed by atoms with Gasteiger partial charge >= 0.3 is 0 Å². The van der Waals surface area contributed by atoms with Crippen LogP contribution in [-0.2, 0) is 36.0 Å². The Hall–Kier alpha value is -2.67. The summed E-state index contributed by atoms with van der Waals surface area (Å²) in [4.78, 5) is 4.62. The molecule has 1 heterocycles. The Morgan fingerprint density at radius 1 is 0.538 bits per heavy atom. The highest BCUT2D eigenvalue weighted by Crippen LogP contribution is 2.29. The minimum absolute atomic E-state index is 0.117. The number of hydrogen-bond donors (Lipinski definition) is 0. The minimum Gasteiger partial charge on any atom is -0.289 e. The number of rotatable bonds is 10. The zero-order valence-electron chi connectivity index (χ0n) is 21.7. The van der Waals surface area contributed by atoms with Gasteiger partial charge in [-0.05, 0) is 46.5 Å². The fraction of sp³-hybridized carbons (Fsp3) is 0.250. The summed E-state index contributed by atoms with van der Waals surface area (Å²) in [6.45, 7) is 2.48. The molecule has 0 spiro atoms. The molecule has 5 rings (SSSR count). The Bertz CT molecular complexity index is 1380. The van der Waals surface area contributed by atoms with Crippen molar-refractivity contribution in [3.8, 4) is 0 Å².